The molecule has 1 heterocycles. The Kier molecular flexibility index (Phi) is 3.61. The number of carbonyl (C=O) groups is 1. The van der Waals surface area contributed by atoms with Crippen LogP contribution in [0.4, 0.5) is 0 Å². The van der Waals surface area contributed by atoms with Crippen molar-refractivity contribution >= 4 is 17.7 Å². The molecule has 0 unspecified atom stereocenters. The minimum absolute atomic E-state index is 0.161. The summed E-state index contributed by atoms with van der Waals surface area (Å²) < 4.78 is 0.161. The number of H-pyrrole nitrogens is 1. The van der Waals surface area contributed by atoms with Crippen LogP contribution < -0.4 is 5.73 Å². The number of hydrogen-bond acceptors (Lipinski definition) is 4. The molecule has 0 fully saturated rings. The predicted molar refractivity (Wildman–Crippen MR) is 75.9 cm³/mol. The largest absolute Gasteiger partial charge is 0.364 e. The molecule has 1 amide bonds. The van der Waals surface area contributed by atoms with E-state index in [1.165, 1.54) is 4.90 Å². The number of amides is 1. The van der Waals surface area contributed by atoms with E-state index in [1.54, 1.807) is 11.8 Å². The molecule has 1 aromatic carbocycles. The van der Waals surface area contributed by atoms with Crippen LogP contribution >= 0.6 is 11.8 Å². The highest BCUT2D eigenvalue weighted by Crippen LogP contribution is 2.32. The van der Waals surface area contributed by atoms with Gasteiger partial charge in [-0.05, 0) is 12.1 Å². The lowest BCUT2D eigenvalue weighted by molar-refractivity contribution is 0.0996. The zero-order chi connectivity index (χ0) is 14.0. The van der Waals surface area contributed by atoms with Gasteiger partial charge in [0.15, 0.2) is 5.69 Å². The molecular formula is C13H16N4OS. The van der Waals surface area contributed by atoms with Gasteiger partial charge in [-0.2, -0.15) is 15.4 Å². The lowest BCUT2D eigenvalue weighted by Crippen LogP contribution is -2.12. The van der Waals surface area contributed by atoms with Gasteiger partial charge in [-0.25, -0.2) is 0 Å². The minimum Gasteiger partial charge on any atom is -0.364 e. The summed E-state index contributed by atoms with van der Waals surface area (Å²) >= 11 is 1.78. The van der Waals surface area contributed by atoms with Gasteiger partial charge < -0.3 is 5.73 Å². The molecule has 19 heavy (non-hydrogen) atoms. The van der Waals surface area contributed by atoms with Gasteiger partial charge in [-0.15, -0.1) is 11.8 Å². The maximum Gasteiger partial charge on any atom is 0.271 e. The van der Waals surface area contributed by atoms with Crippen molar-refractivity contribution in [2.45, 2.75) is 30.4 Å². The molecule has 0 saturated carbocycles. The summed E-state index contributed by atoms with van der Waals surface area (Å²) in [4.78, 5) is 12.4. The second-order valence-electron chi connectivity index (χ2n) is 5.12. The van der Waals surface area contributed by atoms with Crippen molar-refractivity contribution in [1.82, 2.24) is 15.4 Å². The molecule has 100 valence electrons. The van der Waals surface area contributed by atoms with Crippen LogP contribution in [0.15, 0.2) is 29.2 Å². The van der Waals surface area contributed by atoms with E-state index in [2.05, 4.69) is 36.2 Å². The standard InChI is InChI=1S/C13H16N4OS/c1-13(2,3)19-9-6-4-8(5-7-9)10-11(12(14)18)16-17-15-10/h4-7H,1-3H3,(H2,14,18)(H,15,16,17). The van der Waals surface area contributed by atoms with Crippen LogP contribution in [0, 0.1) is 0 Å². The SMILES string of the molecule is CC(C)(C)Sc1ccc(-c2n[nH]nc2C(N)=O)cc1. The van der Waals surface area contributed by atoms with E-state index in [9.17, 15) is 4.79 Å². The number of hydrogen-bond donors (Lipinski definition) is 2. The maximum atomic E-state index is 11.2. The summed E-state index contributed by atoms with van der Waals surface area (Å²) in [6, 6.07) is 7.84. The normalized spacial score (nSPS) is 11.5. The second kappa shape index (κ2) is 5.05. The number of primary amides is 1. The number of carbonyl (C=O) groups excluding carboxylic acids is 1. The first-order valence-electron chi connectivity index (χ1n) is 5.87. The van der Waals surface area contributed by atoms with Gasteiger partial charge in [-0.1, -0.05) is 32.9 Å². The first kappa shape index (κ1) is 13.6. The minimum atomic E-state index is -0.586. The molecule has 0 bridgehead atoms. The molecule has 0 aliphatic carbocycles. The highest BCUT2D eigenvalue weighted by molar-refractivity contribution is 8.00. The molecule has 0 spiro atoms. The van der Waals surface area contributed by atoms with Crippen LogP contribution in [0.25, 0.3) is 11.3 Å². The Morgan fingerprint density at radius 2 is 1.84 bits per heavy atom. The van der Waals surface area contributed by atoms with Crippen LogP contribution in [0.3, 0.4) is 0 Å². The highest BCUT2D eigenvalue weighted by atomic mass is 32.2. The van der Waals surface area contributed by atoms with Crippen LogP contribution in [0.2, 0.25) is 0 Å². The van der Waals surface area contributed by atoms with Gasteiger partial charge in [0.1, 0.15) is 5.69 Å². The number of nitrogens with two attached hydrogens (primary N) is 1. The van der Waals surface area contributed by atoms with E-state index in [4.69, 9.17) is 5.73 Å². The average Bonchev–Trinajstić information content (AvgIpc) is 2.76. The third-order valence-corrected chi connectivity index (χ3v) is 3.45. The third-order valence-electron chi connectivity index (χ3n) is 2.33. The summed E-state index contributed by atoms with van der Waals surface area (Å²) in [5.74, 6) is -0.586. The van der Waals surface area contributed by atoms with Crippen molar-refractivity contribution in [3.8, 4) is 11.3 Å². The number of thioether (sulfide) groups is 1. The summed E-state index contributed by atoms with van der Waals surface area (Å²) in [6.45, 7) is 6.48. The topological polar surface area (TPSA) is 84.7 Å². The van der Waals surface area contributed by atoms with E-state index in [1.807, 2.05) is 24.3 Å². The number of nitrogens with one attached hydrogen (secondary N) is 1. The third kappa shape index (κ3) is 3.35. The first-order valence-corrected chi connectivity index (χ1v) is 6.68. The zero-order valence-corrected chi connectivity index (χ0v) is 11.9. The quantitative estimate of drug-likeness (QED) is 0.843. The fourth-order valence-electron chi connectivity index (χ4n) is 1.64. The second-order valence-corrected chi connectivity index (χ2v) is 7.02. The molecular weight excluding hydrogens is 260 g/mol. The van der Waals surface area contributed by atoms with Crippen LogP contribution in [0.5, 0.6) is 0 Å². The molecule has 0 aliphatic rings. The summed E-state index contributed by atoms with van der Waals surface area (Å²) in [6.07, 6.45) is 0. The molecule has 0 atom stereocenters. The zero-order valence-electron chi connectivity index (χ0n) is 11.1. The summed E-state index contributed by atoms with van der Waals surface area (Å²) in [5.41, 5.74) is 6.71. The van der Waals surface area contributed by atoms with Gasteiger partial charge in [-0.3, -0.25) is 4.79 Å². The molecule has 3 N–H and O–H groups in total. The Hall–Kier alpha value is -1.82. The number of aromatic amines is 1. The Morgan fingerprint density at radius 1 is 1.21 bits per heavy atom. The van der Waals surface area contributed by atoms with Crippen molar-refractivity contribution in [2.24, 2.45) is 5.73 Å². The Morgan fingerprint density at radius 3 is 2.37 bits per heavy atom. The lowest BCUT2D eigenvalue weighted by Gasteiger charge is -2.17. The highest BCUT2D eigenvalue weighted by Gasteiger charge is 2.16. The Labute approximate surface area is 116 Å². The first-order chi connectivity index (χ1) is 8.87. The molecule has 5 nitrogen and oxygen atoms in total. The predicted octanol–water partition coefficient (Wildman–Crippen LogP) is 2.46. The maximum absolute atomic E-state index is 11.2. The van der Waals surface area contributed by atoms with Crippen LogP contribution in [-0.4, -0.2) is 26.1 Å². The molecule has 0 radical (unpaired) electrons. The number of benzene rings is 1. The number of rotatable bonds is 3. The molecule has 2 rings (SSSR count). The lowest BCUT2D eigenvalue weighted by atomic mass is 10.1. The van der Waals surface area contributed by atoms with Crippen LogP contribution in [-0.2, 0) is 0 Å². The fraction of sp³-hybridized carbons (Fsp3) is 0.308. The van der Waals surface area contributed by atoms with Crippen molar-refractivity contribution < 1.29 is 4.79 Å². The van der Waals surface area contributed by atoms with Crippen molar-refractivity contribution in [1.29, 1.82) is 0 Å². The number of nitrogens with zero attached hydrogens (tertiary/aromatic N) is 2. The van der Waals surface area contributed by atoms with Crippen molar-refractivity contribution in [2.75, 3.05) is 0 Å². The van der Waals surface area contributed by atoms with Gasteiger partial charge in [0.05, 0.1) is 0 Å². The van der Waals surface area contributed by atoms with Gasteiger partial charge in [0, 0.05) is 15.2 Å². The molecule has 2 aromatic rings. The average molecular weight is 276 g/mol. The summed E-state index contributed by atoms with van der Waals surface area (Å²) in [5, 5.41) is 10.2. The van der Waals surface area contributed by atoms with E-state index in [-0.39, 0.29) is 10.4 Å². The van der Waals surface area contributed by atoms with Gasteiger partial charge in [0.25, 0.3) is 5.91 Å². The van der Waals surface area contributed by atoms with Crippen molar-refractivity contribution in [3.05, 3.63) is 30.0 Å². The molecule has 1 aromatic heterocycles. The van der Waals surface area contributed by atoms with E-state index < -0.39 is 5.91 Å². The molecule has 0 aliphatic heterocycles. The Balaban J connectivity index is 2.28. The van der Waals surface area contributed by atoms with E-state index >= 15 is 0 Å². The van der Waals surface area contributed by atoms with Gasteiger partial charge >= 0.3 is 0 Å². The Bertz CT molecular complexity index is 583. The monoisotopic (exact) mass is 276 g/mol. The molecule has 6 heteroatoms. The van der Waals surface area contributed by atoms with E-state index in [0.717, 1.165) is 5.56 Å². The number of aromatic nitrogens is 3. The fourth-order valence-corrected chi connectivity index (χ4v) is 2.62. The van der Waals surface area contributed by atoms with Gasteiger partial charge in [0.2, 0.25) is 0 Å². The summed E-state index contributed by atoms with van der Waals surface area (Å²) in [7, 11) is 0. The van der Waals surface area contributed by atoms with E-state index in [0.29, 0.717) is 5.69 Å². The van der Waals surface area contributed by atoms with Crippen LogP contribution in [0.1, 0.15) is 31.3 Å². The van der Waals surface area contributed by atoms with Crippen molar-refractivity contribution in [3.63, 3.8) is 0 Å². The molecule has 0 saturated heterocycles. The smallest absolute Gasteiger partial charge is 0.271 e.